The van der Waals surface area contributed by atoms with Crippen LogP contribution in [0.5, 0.6) is 11.5 Å². The number of fused-ring (bicyclic) bond motifs is 1. The highest BCUT2D eigenvalue weighted by Gasteiger charge is 2.15. The molecule has 0 radical (unpaired) electrons. The summed E-state index contributed by atoms with van der Waals surface area (Å²) in [6, 6.07) is 23.7. The Bertz CT molecular complexity index is 1100. The first kappa shape index (κ1) is 20.0. The van der Waals surface area contributed by atoms with Gasteiger partial charge >= 0.3 is 0 Å². The Morgan fingerprint density at radius 3 is 2.10 bits per heavy atom. The Balaban J connectivity index is 1.47. The molecule has 30 heavy (non-hydrogen) atoms. The minimum absolute atomic E-state index is 0.202. The summed E-state index contributed by atoms with van der Waals surface area (Å²) in [7, 11) is 0. The van der Waals surface area contributed by atoms with Crippen LogP contribution in [0.1, 0.15) is 17.0 Å². The molecule has 0 aliphatic rings. The smallest absolute Gasteiger partial charge is 0.148 e. The molecular formula is C25H26N2O3. The number of hydrogen-bond acceptors (Lipinski definition) is 4. The van der Waals surface area contributed by atoms with Gasteiger partial charge in [0.2, 0.25) is 0 Å². The van der Waals surface area contributed by atoms with Crippen molar-refractivity contribution in [1.29, 1.82) is 0 Å². The molecule has 0 saturated heterocycles. The Hall–Kier alpha value is -3.31. The Morgan fingerprint density at radius 1 is 0.833 bits per heavy atom. The van der Waals surface area contributed by atoms with E-state index in [1.807, 2.05) is 91.2 Å². The predicted molar refractivity (Wildman–Crippen MR) is 118 cm³/mol. The molecule has 4 rings (SSSR count). The van der Waals surface area contributed by atoms with Gasteiger partial charge in [0, 0.05) is 0 Å². The topological polar surface area (TPSA) is 56.5 Å². The summed E-state index contributed by atoms with van der Waals surface area (Å²) < 4.78 is 13.7. The van der Waals surface area contributed by atoms with E-state index in [1.54, 1.807) is 0 Å². The van der Waals surface area contributed by atoms with Crippen LogP contribution in [-0.2, 0) is 13.2 Å². The average Bonchev–Trinajstić information content (AvgIpc) is 3.10. The molecule has 5 heteroatoms. The molecule has 1 unspecified atom stereocenters. The number of imidazole rings is 1. The van der Waals surface area contributed by atoms with E-state index in [-0.39, 0.29) is 6.61 Å². The van der Waals surface area contributed by atoms with Gasteiger partial charge in [-0.25, -0.2) is 4.98 Å². The first-order chi connectivity index (χ1) is 14.6. The monoisotopic (exact) mass is 402 g/mol. The second-order valence-corrected chi connectivity index (χ2v) is 7.51. The van der Waals surface area contributed by atoms with Gasteiger partial charge in [-0.2, -0.15) is 0 Å². The van der Waals surface area contributed by atoms with Crippen molar-refractivity contribution >= 4 is 11.0 Å². The lowest BCUT2D eigenvalue weighted by Gasteiger charge is -2.16. The van der Waals surface area contributed by atoms with Crippen LogP contribution >= 0.6 is 0 Å². The molecular weight excluding hydrogens is 376 g/mol. The molecule has 1 aromatic heterocycles. The fourth-order valence-corrected chi connectivity index (χ4v) is 3.31. The molecule has 0 aliphatic carbocycles. The Morgan fingerprint density at radius 2 is 1.43 bits per heavy atom. The average molecular weight is 402 g/mol. The Labute approximate surface area is 176 Å². The van der Waals surface area contributed by atoms with Crippen LogP contribution in [0.25, 0.3) is 11.0 Å². The number of hydrogen-bond donors (Lipinski definition) is 1. The molecule has 0 amide bonds. The normalized spacial score (nSPS) is 12.1. The molecule has 1 heterocycles. The lowest BCUT2D eigenvalue weighted by Crippen LogP contribution is -2.25. The van der Waals surface area contributed by atoms with Gasteiger partial charge < -0.3 is 19.1 Å². The number of aliphatic hydroxyl groups is 1. The van der Waals surface area contributed by atoms with Crippen LogP contribution in [0.2, 0.25) is 0 Å². The lowest BCUT2D eigenvalue weighted by molar-refractivity contribution is 0.0917. The van der Waals surface area contributed by atoms with Crippen molar-refractivity contribution in [3.8, 4) is 11.5 Å². The quantitative estimate of drug-likeness (QED) is 0.465. The van der Waals surface area contributed by atoms with E-state index < -0.39 is 6.10 Å². The van der Waals surface area contributed by atoms with Crippen LogP contribution in [0.15, 0.2) is 72.8 Å². The zero-order chi connectivity index (χ0) is 20.9. The van der Waals surface area contributed by atoms with Crippen molar-refractivity contribution in [2.45, 2.75) is 33.1 Å². The summed E-state index contributed by atoms with van der Waals surface area (Å²) in [5, 5.41) is 10.6. The van der Waals surface area contributed by atoms with Crippen molar-refractivity contribution in [1.82, 2.24) is 9.55 Å². The number of para-hydroxylation sites is 2. The van der Waals surface area contributed by atoms with Gasteiger partial charge in [-0.05, 0) is 50.2 Å². The second-order valence-electron chi connectivity index (χ2n) is 7.51. The summed E-state index contributed by atoms with van der Waals surface area (Å²) in [5.74, 6) is 2.31. The largest absolute Gasteiger partial charge is 0.491 e. The van der Waals surface area contributed by atoms with Gasteiger partial charge in [-0.1, -0.05) is 47.5 Å². The fourth-order valence-electron chi connectivity index (χ4n) is 3.31. The van der Waals surface area contributed by atoms with Crippen LogP contribution in [0.3, 0.4) is 0 Å². The van der Waals surface area contributed by atoms with E-state index in [0.717, 1.165) is 28.4 Å². The van der Waals surface area contributed by atoms with Gasteiger partial charge in [0.1, 0.15) is 36.6 Å². The molecule has 4 aromatic rings. The van der Waals surface area contributed by atoms with Crippen LogP contribution in [0.4, 0.5) is 0 Å². The highest BCUT2D eigenvalue weighted by Crippen LogP contribution is 2.20. The van der Waals surface area contributed by atoms with Crippen LogP contribution in [-0.4, -0.2) is 27.4 Å². The van der Waals surface area contributed by atoms with Crippen LogP contribution < -0.4 is 9.47 Å². The number of aryl methyl sites for hydroxylation is 2. The molecule has 0 saturated carbocycles. The van der Waals surface area contributed by atoms with Crippen molar-refractivity contribution < 1.29 is 14.6 Å². The van der Waals surface area contributed by atoms with Crippen molar-refractivity contribution in [3.05, 3.63) is 89.7 Å². The molecule has 0 aliphatic heterocycles. The third-order valence-corrected chi connectivity index (χ3v) is 4.98. The number of rotatable bonds is 8. The maximum atomic E-state index is 10.6. The molecule has 1 N–H and O–H groups in total. The minimum Gasteiger partial charge on any atom is -0.491 e. The number of aliphatic hydroxyl groups excluding tert-OH is 1. The molecule has 0 spiro atoms. The van der Waals surface area contributed by atoms with Gasteiger partial charge in [0.15, 0.2) is 0 Å². The second kappa shape index (κ2) is 9.01. The predicted octanol–water partition coefficient (Wildman–Crippen LogP) is 4.67. The number of aromatic nitrogens is 2. The van der Waals surface area contributed by atoms with Gasteiger partial charge in [0.05, 0.1) is 17.6 Å². The van der Waals surface area contributed by atoms with E-state index in [9.17, 15) is 5.11 Å². The molecule has 0 fully saturated rings. The van der Waals surface area contributed by atoms with E-state index in [4.69, 9.17) is 14.5 Å². The molecule has 1 atom stereocenters. The zero-order valence-corrected chi connectivity index (χ0v) is 17.3. The summed E-state index contributed by atoms with van der Waals surface area (Å²) in [5.41, 5.74) is 4.21. The standard InChI is InChI=1S/C25H26N2O3/c1-18-7-11-21(12-8-18)29-16-20(28)15-27-24-6-4-3-5-23(24)26-25(27)17-30-22-13-9-19(2)10-14-22/h3-14,20,28H,15-17H2,1-2H3. The highest BCUT2D eigenvalue weighted by atomic mass is 16.5. The molecule has 154 valence electrons. The van der Waals surface area contributed by atoms with Crippen LogP contribution in [0, 0.1) is 13.8 Å². The van der Waals surface area contributed by atoms with Crippen molar-refractivity contribution in [2.24, 2.45) is 0 Å². The number of benzene rings is 3. The molecule has 0 bridgehead atoms. The highest BCUT2D eigenvalue weighted by molar-refractivity contribution is 5.75. The van der Waals surface area contributed by atoms with E-state index >= 15 is 0 Å². The van der Waals surface area contributed by atoms with E-state index in [2.05, 4.69) is 0 Å². The summed E-state index contributed by atoms with van der Waals surface area (Å²) in [6.45, 7) is 4.97. The van der Waals surface area contributed by atoms with E-state index in [0.29, 0.717) is 13.2 Å². The Kier molecular flexibility index (Phi) is 6.00. The zero-order valence-electron chi connectivity index (χ0n) is 17.3. The lowest BCUT2D eigenvalue weighted by atomic mass is 10.2. The summed E-state index contributed by atoms with van der Waals surface area (Å²) in [6.07, 6.45) is -0.679. The minimum atomic E-state index is -0.679. The summed E-state index contributed by atoms with van der Waals surface area (Å²) >= 11 is 0. The number of nitrogens with zero attached hydrogens (tertiary/aromatic N) is 2. The van der Waals surface area contributed by atoms with Crippen molar-refractivity contribution in [2.75, 3.05) is 6.61 Å². The fraction of sp³-hybridized carbons (Fsp3) is 0.240. The van der Waals surface area contributed by atoms with Gasteiger partial charge in [-0.3, -0.25) is 0 Å². The van der Waals surface area contributed by atoms with Gasteiger partial charge in [0.25, 0.3) is 0 Å². The first-order valence-corrected chi connectivity index (χ1v) is 10.1. The SMILES string of the molecule is Cc1ccc(OCc2nc3ccccc3n2CC(O)COc2ccc(C)cc2)cc1. The molecule has 5 nitrogen and oxygen atoms in total. The van der Waals surface area contributed by atoms with Crippen molar-refractivity contribution in [3.63, 3.8) is 0 Å². The maximum absolute atomic E-state index is 10.6. The third kappa shape index (κ3) is 4.81. The third-order valence-electron chi connectivity index (χ3n) is 4.98. The number of ether oxygens (including phenoxy) is 2. The first-order valence-electron chi connectivity index (χ1n) is 10.1. The maximum Gasteiger partial charge on any atom is 0.148 e. The van der Waals surface area contributed by atoms with E-state index in [1.165, 1.54) is 11.1 Å². The van der Waals surface area contributed by atoms with Gasteiger partial charge in [-0.15, -0.1) is 0 Å². The molecule has 3 aromatic carbocycles. The summed E-state index contributed by atoms with van der Waals surface area (Å²) in [4.78, 5) is 4.71.